The maximum absolute atomic E-state index is 12.5. The van der Waals surface area contributed by atoms with Crippen LogP contribution >= 0.6 is 0 Å². The SMILES string of the molecule is CC(C)(C)[C@@H]1NC(=O)N(CC(=O)Nc2cccc(Oc3ccccc3)c2)C1=O. The largest absolute Gasteiger partial charge is 0.457 e. The Morgan fingerprint density at radius 1 is 1.07 bits per heavy atom. The third-order valence-corrected chi connectivity index (χ3v) is 4.29. The molecule has 28 heavy (non-hydrogen) atoms. The highest BCUT2D eigenvalue weighted by Gasteiger charge is 2.44. The first-order valence-electron chi connectivity index (χ1n) is 8.99. The maximum atomic E-state index is 12.5. The molecule has 1 fully saturated rings. The maximum Gasteiger partial charge on any atom is 0.325 e. The van der Waals surface area contributed by atoms with Gasteiger partial charge in [0.1, 0.15) is 24.1 Å². The highest BCUT2D eigenvalue weighted by Crippen LogP contribution is 2.26. The molecule has 4 amide bonds. The zero-order chi connectivity index (χ0) is 20.3. The lowest BCUT2D eigenvalue weighted by atomic mass is 9.87. The predicted octanol–water partition coefficient (Wildman–Crippen LogP) is 3.38. The number of amides is 4. The van der Waals surface area contributed by atoms with Crippen molar-refractivity contribution in [2.75, 3.05) is 11.9 Å². The molecular formula is C21H23N3O4. The number of hydrogen-bond donors (Lipinski definition) is 2. The molecule has 1 saturated heterocycles. The van der Waals surface area contributed by atoms with E-state index < -0.39 is 29.3 Å². The Morgan fingerprint density at radius 3 is 2.39 bits per heavy atom. The van der Waals surface area contributed by atoms with Crippen LogP contribution < -0.4 is 15.4 Å². The molecule has 1 heterocycles. The van der Waals surface area contributed by atoms with Crippen molar-refractivity contribution >= 4 is 23.5 Å². The first kappa shape index (κ1) is 19.4. The fourth-order valence-electron chi connectivity index (χ4n) is 2.86. The van der Waals surface area contributed by atoms with E-state index in [9.17, 15) is 14.4 Å². The molecule has 0 aromatic heterocycles. The Morgan fingerprint density at radius 2 is 1.75 bits per heavy atom. The van der Waals surface area contributed by atoms with Crippen molar-refractivity contribution in [3.8, 4) is 11.5 Å². The lowest BCUT2D eigenvalue weighted by Crippen LogP contribution is -2.42. The van der Waals surface area contributed by atoms with E-state index in [1.54, 1.807) is 24.3 Å². The molecule has 0 unspecified atom stereocenters. The molecular weight excluding hydrogens is 358 g/mol. The Labute approximate surface area is 163 Å². The van der Waals surface area contributed by atoms with Crippen molar-refractivity contribution in [3.05, 3.63) is 54.6 Å². The first-order chi connectivity index (χ1) is 13.2. The number of para-hydroxylation sites is 1. The summed E-state index contributed by atoms with van der Waals surface area (Å²) in [6.07, 6.45) is 0. The van der Waals surface area contributed by atoms with Crippen molar-refractivity contribution in [3.63, 3.8) is 0 Å². The number of urea groups is 1. The van der Waals surface area contributed by atoms with Gasteiger partial charge in [-0.15, -0.1) is 0 Å². The second-order valence-corrected chi connectivity index (χ2v) is 7.66. The monoisotopic (exact) mass is 381 g/mol. The Kier molecular flexibility index (Phi) is 5.35. The summed E-state index contributed by atoms with van der Waals surface area (Å²) in [6.45, 7) is 5.23. The van der Waals surface area contributed by atoms with E-state index in [0.29, 0.717) is 17.2 Å². The van der Waals surface area contributed by atoms with Crippen molar-refractivity contribution in [1.29, 1.82) is 0 Å². The molecule has 3 rings (SSSR count). The van der Waals surface area contributed by atoms with E-state index in [2.05, 4.69) is 10.6 Å². The van der Waals surface area contributed by atoms with Crippen molar-refractivity contribution in [2.45, 2.75) is 26.8 Å². The van der Waals surface area contributed by atoms with Crippen LogP contribution in [-0.2, 0) is 9.59 Å². The van der Waals surface area contributed by atoms with Gasteiger partial charge in [-0.3, -0.25) is 14.5 Å². The van der Waals surface area contributed by atoms with E-state index >= 15 is 0 Å². The summed E-state index contributed by atoms with van der Waals surface area (Å²) in [6, 6.07) is 15.0. The van der Waals surface area contributed by atoms with Crippen molar-refractivity contribution < 1.29 is 19.1 Å². The first-order valence-corrected chi connectivity index (χ1v) is 8.99. The summed E-state index contributed by atoms with van der Waals surface area (Å²) in [5, 5.41) is 5.33. The number of benzene rings is 2. The van der Waals surface area contributed by atoms with Crippen LogP contribution in [0.25, 0.3) is 0 Å². The summed E-state index contributed by atoms with van der Waals surface area (Å²) in [5.41, 5.74) is 0.0824. The van der Waals surface area contributed by atoms with Gasteiger partial charge in [-0.2, -0.15) is 0 Å². The molecule has 2 N–H and O–H groups in total. The molecule has 2 aromatic carbocycles. The molecule has 1 aliphatic heterocycles. The van der Waals surface area contributed by atoms with Crippen LogP contribution in [0.4, 0.5) is 10.5 Å². The minimum absolute atomic E-state index is 0.346. The van der Waals surface area contributed by atoms with Gasteiger partial charge < -0.3 is 15.4 Å². The van der Waals surface area contributed by atoms with Crippen LogP contribution in [0.2, 0.25) is 0 Å². The number of carbonyl (C=O) groups excluding carboxylic acids is 3. The second kappa shape index (κ2) is 7.72. The van der Waals surface area contributed by atoms with E-state index in [1.165, 1.54) is 0 Å². The van der Waals surface area contributed by atoms with Crippen molar-refractivity contribution in [1.82, 2.24) is 10.2 Å². The summed E-state index contributed by atoms with van der Waals surface area (Å²) in [7, 11) is 0. The molecule has 0 radical (unpaired) electrons. The van der Waals surface area contributed by atoms with E-state index in [0.717, 1.165) is 4.90 Å². The van der Waals surface area contributed by atoms with E-state index in [-0.39, 0.29) is 6.54 Å². The zero-order valence-electron chi connectivity index (χ0n) is 16.1. The lowest BCUT2D eigenvalue weighted by Gasteiger charge is -2.24. The average Bonchev–Trinajstić information content (AvgIpc) is 2.91. The average molecular weight is 381 g/mol. The predicted molar refractivity (Wildman–Crippen MR) is 105 cm³/mol. The van der Waals surface area contributed by atoms with Gasteiger partial charge in [0.05, 0.1) is 0 Å². The number of nitrogens with one attached hydrogen (secondary N) is 2. The number of rotatable bonds is 5. The normalized spacial score (nSPS) is 16.7. The number of nitrogens with zero attached hydrogens (tertiary/aromatic N) is 1. The highest BCUT2D eigenvalue weighted by atomic mass is 16.5. The standard InChI is InChI=1S/C21H23N3O4/c1-21(2,3)18-19(26)24(20(27)23-18)13-17(25)22-14-8-7-11-16(12-14)28-15-9-5-4-6-10-15/h4-12,18H,13H2,1-3H3,(H,22,25)(H,23,27)/t18-/m1/s1. The molecule has 2 aromatic rings. The number of carbonyl (C=O) groups is 3. The van der Waals surface area contributed by atoms with Crippen molar-refractivity contribution in [2.24, 2.45) is 5.41 Å². The third-order valence-electron chi connectivity index (χ3n) is 4.29. The molecule has 146 valence electrons. The van der Waals surface area contributed by atoms with Crippen LogP contribution in [0.3, 0.4) is 0 Å². The van der Waals surface area contributed by atoms with E-state index in [1.807, 2.05) is 51.1 Å². The Bertz CT molecular complexity index is 890. The van der Waals surface area contributed by atoms with Gasteiger partial charge in [-0.1, -0.05) is 45.0 Å². The van der Waals surface area contributed by atoms with Gasteiger partial charge in [-0.05, 0) is 29.7 Å². The quantitative estimate of drug-likeness (QED) is 0.777. The summed E-state index contributed by atoms with van der Waals surface area (Å²) < 4.78 is 5.74. The number of anilines is 1. The topological polar surface area (TPSA) is 87.7 Å². The van der Waals surface area contributed by atoms with Crippen LogP contribution in [0.15, 0.2) is 54.6 Å². The van der Waals surface area contributed by atoms with E-state index in [4.69, 9.17) is 4.74 Å². The zero-order valence-corrected chi connectivity index (χ0v) is 16.1. The van der Waals surface area contributed by atoms with Gasteiger partial charge >= 0.3 is 6.03 Å². The fourth-order valence-corrected chi connectivity index (χ4v) is 2.86. The Balaban J connectivity index is 1.63. The molecule has 0 bridgehead atoms. The number of hydrogen-bond acceptors (Lipinski definition) is 4. The van der Waals surface area contributed by atoms with Gasteiger partial charge in [0.2, 0.25) is 5.91 Å². The van der Waals surface area contributed by atoms with Crippen LogP contribution in [0.5, 0.6) is 11.5 Å². The third kappa shape index (κ3) is 4.49. The Hall–Kier alpha value is -3.35. The molecule has 1 aliphatic rings. The highest BCUT2D eigenvalue weighted by molar-refractivity contribution is 6.08. The minimum Gasteiger partial charge on any atom is -0.457 e. The van der Waals surface area contributed by atoms with Gasteiger partial charge in [0, 0.05) is 11.8 Å². The fraction of sp³-hybridized carbons (Fsp3) is 0.286. The number of ether oxygens (including phenoxy) is 1. The van der Waals surface area contributed by atoms with Gasteiger partial charge in [0.25, 0.3) is 5.91 Å². The molecule has 7 nitrogen and oxygen atoms in total. The molecule has 1 atom stereocenters. The minimum atomic E-state index is -0.643. The smallest absolute Gasteiger partial charge is 0.325 e. The van der Waals surface area contributed by atoms with Gasteiger partial charge in [-0.25, -0.2) is 4.79 Å². The molecule has 7 heteroatoms. The molecule has 0 saturated carbocycles. The van der Waals surface area contributed by atoms with Crippen LogP contribution in [-0.4, -0.2) is 35.3 Å². The van der Waals surface area contributed by atoms with Gasteiger partial charge in [0.15, 0.2) is 0 Å². The summed E-state index contributed by atoms with van der Waals surface area (Å²) in [5.74, 6) is 0.383. The van der Waals surface area contributed by atoms with Crippen LogP contribution in [0, 0.1) is 5.41 Å². The molecule has 0 aliphatic carbocycles. The second-order valence-electron chi connectivity index (χ2n) is 7.66. The van der Waals surface area contributed by atoms with Crippen LogP contribution in [0.1, 0.15) is 20.8 Å². The lowest BCUT2D eigenvalue weighted by molar-refractivity contribution is -0.132. The molecule has 0 spiro atoms. The summed E-state index contributed by atoms with van der Waals surface area (Å²) >= 11 is 0. The number of imide groups is 1. The summed E-state index contributed by atoms with van der Waals surface area (Å²) in [4.78, 5) is 37.8.